The molecule has 0 saturated heterocycles. The number of hydrogen-bond acceptors (Lipinski definition) is 6. The van der Waals surface area contributed by atoms with Gasteiger partial charge in [0, 0.05) is 36.6 Å². The number of nitrogens with zero attached hydrogens (tertiary/aromatic N) is 5. The zero-order chi connectivity index (χ0) is 20.6. The minimum absolute atomic E-state index is 0.173. The monoisotopic (exact) mass is 415 g/mol. The summed E-state index contributed by atoms with van der Waals surface area (Å²) < 4.78 is 1.71. The van der Waals surface area contributed by atoms with Gasteiger partial charge < -0.3 is 15.5 Å². The average Bonchev–Trinajstić information content (AvgIpc) is 3.13. The Morgan fingerprint density at radius 3 is 2.72 bits per heavy atom. The molecule has 0 aliphatic heterocycles. The van der Waals surface area contributed by atoms with Gasteiger partial charge in [0.15, 0.2) is 11.5 Å². The third-order valence-electron chi connectivity index (χ3n) is 4.68. The standard InChI is InChI=1S/C20H26ClN7O/c1-3-27(4-2)13-12-22-17-8-9-18-24-25-19(28(18)26-17)10-11-23-20(29)15-6-5-7-16(21)14-15/h5-9,14H,3-4,10-13H2,1-2H3,(H,22,26)(H,23,29). The second kappa shape index (κ2) is 10.2. The van der Waals surface area contributed by atoms with Crippen molar-refractivity contribution in [1.29, 1.82) is 0 Å². The van der Waals surface area contributed by atoms with E-state index in [9.17, 15) is 4.79 Å². The van der Waals surface area contributed by atoms with Gasteiger partial charge in [-0.05, 0) is 43.4 Å². The summed E-state index contributed by atoms with van der Waals surface area (Å²) in [6.07, 6.45) is 0.517. The quantitative estimate of drug-likeness (QED) is 0.529. The van der Waals surface area contributed by atoms with Crippen LogP contribution in [0.15, 0.2) is 36.4 Å². The van der Waals surface area contributed by atoms with Crippen LogP contribution in [0.1, 0.15) is 30.0 Å². The van der Waals surface area contributed by atoms with Crippen LogP contribution in [-0.4, -0.2) is 63.3 Å². The van der Waals surface area contributed by atoms with Crippen LogP contribution in [0.4, 0.5) is 5.82 Å². The molecule has 9 heteroatoms. The van der Waals surface area contributed by atoms with Gasteiger partial charge in [-0.2, -0.15) is 4.52 Å². The first-order valence-electron chi connectivity index (χ1n) is 9.82. The molecular formula is C20H26ClN7O. The second-order valence-electron chi connectivity index (χ2n) is 6.57. The van der Waals surface area contributed by atoms with E-state index >= 15 is 0 Å². The molecule has 0 fully saturated rings. The molecule has 3 rings (SSSR count). The van der Waals surface area contributed by atoms with Crippen LogP contribution in [0.2, 0.25) is 5.02 Å². The summed E-state index contributed by atoms with van der Waals surface area (Å²) in [6, 6.07) is 10.6. The van der Waals surface area contributed by atoms with Crippen LogP contribution in [0.3, 0.4) is 0 Å². The average molecular weight is 416 g/mol. The molecule has 154 valence electrons. The van der Waals surface area contributed by atoms with Gasteiger partial charge in [-0.25, -0.2) is 0 Å². The van der Waals surface area contributed by atoms with Crippen molar-refractivity contribution < 1.29 is 4.79 Å². The number of carbonyl (C=O) groups is 1. The summed E-state index contributed by atoms with van der Waals surface area (Å²) >= 11 is 5.94. The zero-order valence-corrected chi connectivity index (χ0v) is 17.5. The molecule has 0 unspecified atom stereocenters. The first-order chi connectivity index (χ1) is 14.1. The molecule has 0 atom stereocenters. The van der Waals surface area contributed by atoms with Crippen molar-refractivity contribution in [2.75, 3.05) is 38.0 Å². The molecule has 0 saturated carbocycles. The minimum Gasteiger partial charge on any atom is -0.367 e. The predicted molar refractivity (Wildman–Crippen MR) is 115 cm³/mol. The van der Waals surface area contributed by atoms with Gasteiger partial charge >= 0.3 is 0 Å². The van der Waals surface area contributed by atoms with Crippen LogP contribution in [0, 0.1) is 0 Å². The maximum absolute atomic E-state index is 12.2. The number of anilines is 1. The molecule has 0 bridgehead atoms. The molecule has 1 amide bonds. The highest BCUT2D eigenvalue weighted by Gasteiger charge is 2.10. The normalized spacial score (nSPS) is 11.2. The maximum Gasteiger partial charge on any atom is 0.251 e. The highest BCUT2D eigenvalue weighted by Crippen LogP contribution is 2.11. The molecule has 0 aliphatic carbocycles. The van der Waals surface area contributed by atoms with Gasteiger partial charge in [-0.1, -0.05) is 31.5 Å². The number of rotatable bonds is 10. The summed E-state index contributed by atoms with van der Waals surface area (Å²) in [5.74, 6) is 1.29. The smallest absolute Gasteiger partial charge is 0.251 e. The number of amides is 1. The summed E-state index contributed by atoms with van der Waals surface area (Å²) in [4.78, 5) is 14.6. The van der Waals surface area contributed by atoms with Crippen molar-refractivity contribution >= 4 is 29.0 Å². The molecule has 0 spiro atoms. The lowest BCUT2D eigenvalue weighted by Crippen LogP contribution is -2.28. The number of fused-ring (bicyclic) bond motifs is 1. The molecule has 3 aromatic rings. The van der Waals surface area contributed by atoms with E-state index in [4.69, 9.17) is 11.6 Å². The van der Waals surface area contributed by atoms with Crippen LogP contribution < -0.4 is 10.6 Å². The van der Waals surface area contributed by atoms with E-state index in [1.165, 1.54) is 0 Å². The molecule has 0 radical (unpaired) electrons. The van der Waals surface area contributed by atoms with Crippen molar-refractivity contribution in [1.82, 2.24) is 30.0 Å². The first-order valence-corrected chi connectivity index (χ1v) is 10.2. The van der Waals surface area contributed by atoms with Crippen molar-refractivity contribution in [3.8, 4) is 0 Å². The molecule has 2 N–H and O–H groups in total. The lowest BCUT2D eigenvalue weighted by atomic mass is 10.2. The minimum atomic E-state index is -0.173. The van der Waals surface area contributed by atoms with Gasteiger partial charge in [-0.3, -0.25) is 4.79 Å². The SMILES string of the molecule is CCN(CC)CCNc1ccc2nnc(CCNC(=O)c3cccc(Cl)c3)n2n1. The Bertz CT molecular complexity index is 955. The van der Waals surface area contributed by atoms with E-state index in [1.807, 2.05) is 12.1 Å². The molecular weight excluding hydrogens is 390 g/mol. The van der Waals surface area contributed by atoms with Gasteiger partial charge in [0.25, 0.3) is 5.91 Å². The Morgan fingerprint density at radius 1 is 1.14 bits per heavy atom. The van der Waals surface area contributed by atoms with Crippen LogP contribution in [0.5, 0.6) is 0 Å². The Balaban J connectivity index is 1.57. The molecule has 2 aromatic heterocycles. The third-order valence-corrected chi connectivity index (χ3v) is 4.91. The molecule has 29 heavy (non-hydrogen) atoms. The highest BCUT2D eigenvalue weighted by atomic mass is 35.5. The summed E-state index contributed by atoms with van der Waals surface area (Å²) in [6.45, 7) is 8.56. The van der Waals surface area contributed by atoms with Crippen LogP contribution in [-0.2, 0) is 6.42 Å². The number of carbonyl (C=O) groups excluding carboxylic acids is 1. The molecule has 0 aliphatic rings. The summed E-state index contributed by atoms with van der Waals surface area (Å²) in [5, 5.41) is 19.7. The van der Waals surface area contributed by atoms with Crippen molar-refractivity contribution in [3.63, 3.8) is 0 Å². The topological polar surface area (TPSA) is 87.5 Å². The molecule has 1 aromatic carbocycles. The summed E-state index contributed by atoms with van der Waals surface area (Å²) in [7, 11) is 0. The predicted octanol–water partition coefficient (Wildman–Crippen LogP) is 2.50. The largest absolute Gasteiger partial charge is 0.367 e. The van der Waals surface area contributed by atoms with E-state index in [0.717, 1.165) is 32.0 Å². The van der Waals surface area contributed by atoms with E-state index in [-0.39, 0.29) is 5.91 Å². The van der Waals surface area contributed by atoms with Gasteiger partial charge in [0.1, 0.15) is 5.82 Å². The number of halogens is 1. The highest BCUT2D eigenvalue weighted by molar-refractivity contribution is 6.30. The Kier molecular flexibility index (Phi) is 7.37. The van der Waals surface area contributed by atoms with E-state index in [2.05, 4.69) is 44.7 Å². The maximum atomic E-state index is 12.2. The zero-order valence-electron chi connectivity index (χ0n) is 16.7. The molecule has 8 nitrogen and oxygen atoms in total. The van der Waals surface area contributed by atoms with Crippen LogP contribution in [0.25, 0.3) is 5.65 Å². The van der Waals surface area contributed by atoms with Crippen molar-refractivity contribution in [3.05, 3.63) is 52.8 Å². The molecule has 2 heterocycles. The number of aromatic nitrogens is 4. The van der Waals surface area contributed by atoms with Gasteiger partial charge in [0.2, 0.25) is 0 Å². The fraction of sp³-hybridized carbons (Fsp3) is 0.400. The van der Waals surface area contributed by atoms with E-state index in [0.29, 0.717) is 35.0 Å². The summed E-state index contributed by atoms with van der Waals surface area (Å²) in [5.41, 5.74) is 1.21. The lowest BCUT2D eigenvalue weighted by Gasteiger charge is -2.18. The van der Waals surface area contributed by atoms with E-state index < -0.39 is 0 Å². The van der Waals surface area contributed by atoms with Crippen molar-refractivity contribution in [2.24, 2.45) is 0 Å². The Morgan fingerprint density at radius 2 is 1.97 bits per heavy atom. The number of hydrogen-bond donors (Lipinski definition) is 2. The second-order valence-corrected chi connectivity index (χ2v) is 7.01. The van der Waals surface area contributed by atoms with E-state index in [1.54, 1.807) is 28.8 Å². The van der Waals surface area contributed by atoms with Crippen LogP contribution >= 0.6 is 11.6 Å². The number of benzene rings is 1. The number of nitrogens with one attached hydrogen (secondary N) is 2. The first kappa shape index (κ1) is 21.0. The third kappa shape index (κ3) is 5.65. The van der Waals surface area contributed by atoms with Gasteiger partial charge in [0.05, 0.1) is 0 Å². The van der Waals surface area contributed by atoms with Crippen molar-refractivity contribution in [2.45, 2.75) is 20.3 Å². The lowest BCUT2D eigenvalue weighted by molar-refractivity contribution is 0.0954. The van der Waals surface area contributed by atoms with Gasteiger partial charge in [-0.15, -0.1) is 15.3 Å². The number of likely N-dealkylation sites (N-methyl/N-ethyl adjacent to an activating group) is 1. The fourth-order valence-corrected chi connectivity index (χ4v) is 3.18. The Labute approximate surface area is 175 Å². The fourth-order valence-electron chi connectivity index (χ4n) is 2.99. The Hall–Kier alpha value is -2.71.